The minimum atomic E-state index is -0.579. The van der Waals surface area contributed by atoms with Gasteiger partial charge in [0.2, 0.25) is 0 Å². The molecule has 0 N–H and O–H groups in total. The number of hydrogen-bond acceptors (Lipinski definition) is 5. The Morgan fingerprint density at radius 1 is 1.11 bits per heavy atom. The van der Waals surface area contributed by atoms with Crippen molar-refractivity contribution in [3.8, 4) is 16.9 Å². The number of benzene rings is 2. The number of carbonyl (C=O) groups is 1. The molecule has 0 unspecified atom stereocenters. The molecule has 7 heteroatoms. The molecule has 0 spiro atoms. The third-order valence-electron chi connectivity index (χ3n) is 4.66. The number of carbonyl (C=O) groups excluding carboxylic acids is 1. The van der Waals surface area contributed by atoms with Gasteiger partial charge in [-0.2, -0.15) is 0 Å². The molecule has 0 saturated heterocycles. The predicted octanol–water partition coefficient (Wildman–Crippen LogP) is 3.39. The van der Waals surface area contributed by atoms with Crippen LogP contribution in [0.3, 0.4) is 0 Å². The minimum Gasteiger partial charge on any atom is -0.489 e. The standard InChI is InChI=1S/C21H19FN4O2/c1-25(2)16-4-6-19-20(10-16)28-8-7-26(19)21(27)17-5-3-14(9-18(17)22)15-11-23-13-24-12-15/h3-6,9-13H,7-8H2,1-2H3. The molecule has 0 atom stereocenters. The summed E-state index contributed by atoms with van der Waals surface area (Å²) in [6, 6.07) is 10.2. The van der Waals surface area contributed by atoms with Crippen molar-refractivity contribution in [3.63, 3.8) is 0 Å². The van der Waals surface area contributed by atoms with E-state index in [0.29, 0.717) is 35.7 Å². The maximum absolute atomic E-state index is 14.8. The average Bonchev–Trinajstić information content (AvgIpc) is 2.73. The van der Waals surface area contributed by atoms with Gasteiger partial charge in [0.15, 0.2) is 0 Å². The maximum Gasteiger partial charge on any atom is 0.261 e. The number of ether oxygens (including phenoxy) is 1. The van der Waals surface area contributed by atoms with Gasteiger partial charge in [-0.3, -0.25) is 4.79 Å². The summed E-state index contributed by atoms with van der Waals surface area (Å²) in [6.45, 7) is 0.720. The van der Waals surface area contributed by atoms with Gasteiger partial charge in [0, 0.05) is 43.8 Å². The van der Waals surface area contributed by atoms with E-state index >= 15 is 0 Å². The number of halogens is 1. The Morgan fingerprint density at radius 2 is 1.89 bits per heavy atom. The summed E-state index contributed by atoms with van der Waals surface area (Å²) in [5.41, 5.74) is 2.93. The van der Waals surface area contributed by atoms with E-state index in [-0.39, 0.29) is 5.56 Å². The molecule has 2 aromatic carbocycles. The second kappa shape index (κ2) is 7.26. The topological polar surface area (TPSA) is 58.6 Å². The van der Waals surface area contributed by atoms with E-state index in [9.17, 15) is 9.18 Å². The summed E-state index contributed by atoms with van der Waals surface area (Å²) in [4.78, 5) is 24.4. The SMILES string of the molecule is CN(C)c1ccc2c(c1)OCCN2C(=O)c1ccc(-c2cncnc2)cc1F. The number of amides is 1. The second-order valence-electron chi connectivity index (χ2n) is 6.67. The van der Waals surface area contributed by atoms with E-state index in [1.54, 1.807) is 23.4 Å². The van der Waals surface area contributed by atoms with Crippen molar-refractivity contribution in [2.24, 2.45) is 0 Å². The molecule has 4 rings (SSSR count). The fraction of sp³-hybridized carbons (Fsp3) is 0.190. The van der Waals surface area contributed by atoms with Crippen LogP contribution in [0.2, 0.25) is 0 Å². The molecule has 0 bridgehead atoms. The Bertz CT molecular complexity index is 1020. The smallest absolute Gasteiger partial charge is 0.261 e. The third kappa shape index (κ3) is 3.26. The number of fused-ring (bicyclic) bond motifs is 1. The molecule has 3 aromatic rings. The van der Waals surface area contributed by atoms with E-state index in [1.165, 1.54) is 18.5 Å². The molecule has 28 heavy (non-hydrogen) atoms. The monoisotopic (exact) mass is 378 g/mol. The molecular weight excluding hydrogens is 359 g/mol. The van der Waals surface area contributed by atoms with Crippen molar-refractivity contribution in [1.29, 1.82) is 0 Å². The Hall–Kier alpha value is -3.48. The molecule has 1 amide bonds. The van der Waals surface area contributed by atoms with Crippen molar-refractivity contribution in [1.82, 2.24) is 9.97 Å². The first kappa shape index (κ1) is 17.9. The van der Waals surface area contributed by atoms with Gasteiger partial charge >= 0.3 is 0 Å². The molecule has 1 aromatic heterocycles. The van der Waals surface area contributed by atoms with Crippen molar-refractivity contribution >= 4 is 17.3 Å². The number of aromatic nitrogens is 2. The van der Waals surface area contributed by atoms with Crippen molar-refractivity contribution < 1.29 is 13.9 Å². The van der Waals surface area contributed by atoms with Gasteiger partial charge in [0.25, 0.3) is 5.91 Å². The summed E-state index contributed by atoms with van der Waals surface area (Å²) in [5.74, 6) is -0.357. The predicted molar refractivity (Wildman–Crippen MR) is 105 cm³/mol. The van der Waals surface area contributed by atoms with Gasteiger partial charge in [-0.05, 0) is 29.8 Å². The lowest BCUT2D eigenvalue weighted by atomic mass is 10.0. The summed E-state index contributed by atoms with van der Waals surface area (Å²) in [6.07, 6.45) is 4.61. The zero-order chi connectivity index (χ0) is 19.7. The largest absolute Gasteiger partial charge is 0.489 e. The Balaban J connectivity index is 1.66. The molecule has 0 fully saturated rings. The van der Waals surface area contributed by atoms with Crippen LogP contribution in [0.5, 0.6) is 5.75 Å². The summed E-state index contributed by atoms with van der Waals surface area (Å²) < 4.78 is 20.5. The molecule has 6 nitrogen and oxygen atoms in total. The van der Waals surface area contributed by atoms with Crippen molar-refractivity contribution in [2.75, 3.05) is 37.0 Å². The molecule has 1 aliphatic rings. The lowest BCUT2D eigenvalue weighted by Gasteiger charge is -2.30. The average molecular weight is 378 g/mol. The van der Waals surface area contributed by atoms with Crippen molar-refractivity contribution in [2.45, 2.75) is 0 Å². The molecule has 1 aliphatic heterocycles. The number of hydrogen-bond donors (Lipinski definition) is 0. The Kier molecular flexibility index (Phi) is 4.65. The first-order valence-electron chi connectivity index (χ1n) is 8.85. The minimum absolute atomic E-state index is 0.0186. The van der Waals surface area contributed by atoms with Gasteiger partial charge in [-0.25, -0.2) is 14.4 Å². The highest BCUT2D eigenvalue weighted by molar-refractivity contribution is 6.07. The zero-order valence-corrected chi connectivity index (χ0v) is 15.6. The van der Waals surface area contributed by atoms with E-state index in [1.807, 2.05) is 37.2 Å². The van der Waals surface area contributed by atoms with Gasteiger partial charge in [0.05, 0.1) is 17.8 Å². The highest BCUT2D eigenvalue weighted by Gasteiger charge is 2.27. The van der Waals surface area contributed by atoms with Crippen LogP contribution in [0.1, 0.15) is 10.4 Å². The van der Waals surface area contributed by atoms with Crippen LogP contribution in [0, 0.1) is 5.82 Å². The molecule has 0 aliphatic carbocycles. The van der Waals surface area contributed by atoms with Gasteiger partial charge in [-0.1, -0.05) is 6.07 Å². The van der Waals surface area contributed by atoms with Gasteiger partial charge in [0.1, 0.15) is 24.5 Å². The molecule has 2 heterocycles. The fourth-order valence-corrected chi connectivity index (χ4v) is 3.16. The van der Waals surface area contributed by atoms with Crippen LogP contribution < -0.4 is 14.5 Å². The van der Waals surface area contributed by atoms with Crippen LogP contribution >= 0.6 is 0 Å². The highest BCUT2D eigenvalue weighted by Crippen LogP contribution is 2.36. The normalized spacial score (nSPS) is 12.9. The lowest BCUT2D eigenvalue weighted by molar-refractivity contribution is 0.0972. The first-order valence-corrected chi connectivity index (χ1v) is 8.85. The lowest BCUT2D eigenvalue weighted by Crippen LogP contribution is -2.38. The maximum atomic E-state index is 14.8. The van der Waals surface area contributed by atoms with Crippen LogP contribution in [-0.4, -0.2) is 43.1 Å². The fourth-order valence-electron chi connectivity index (χ4n) is 3.16. The van der Waals surface area contributed by atoms with Crippen molar-refractivity contribution in [3.05, 3.63) is 66.5 Å². The molecule has 142 valence electrons. The molecular formula is C21H19FN4O2. The molecule has 0 radical (unpaired) electrons. The molecule has 0 saturated carbocycles. The van der Waals surface area contributed by atoms with Gasteiger partial charge in [-0.15, -0.1) is 0 Å². The first-order chi connectivity index (χ1) is 13.5. The highest BCUT2D eigenvalue weighted by atomic mass is 19.1. The Labute approximate surface area is 162 Å². The van der Waals surface area contributed by atoms with Crippen LogP contribution in [0.4, 0.5) is 15.8 Å². The summed E-state index contributed by atoms with van der Waals surface area (Å²) in [5, 5.41) is 0. The van der Waals surface area contributed by atoms with Crippen LogP contribution in [0.25, 0.3) is 11.1 Å². The van der Waals surface area contributed by atoms with Gasteiger partial charge < -0.3 is 14.5 Å². The number of anilines is 2. The van der Waals surface area contributed by atoms with E-state index in [2.05, 4.69) is 9.97 Å². The third-order valence-corrected chi connectivity index (χ3v) is 4.66. The number of nitrogens with zero attached hydrogens (tertiary/aromatic N) is 4. The quantitative estimate of drug-likeness (QED) is 0.699. The second-order valence-corrected chi connectivity index (χ2v) is 6.67. The zero-order valence-electron chi connectivity index (χ0n) is 15.6. The summed E-state index contributed by atoms with van der Waals surface area (Å²) >= 11 is 0. The van der Waals surface area contributed by atoms with E-state index < -0.39 is 11.7 Å². The summed E-state index contributed by atoms with van der Waals surface area (Å²) in [7, 11) is 3.87. The Morgan fingerprint density at radius 3 is 2.61 bits per heavy atom. The number of rotatable bonds is 3. The van der Waals surface area contributed by atoms with E-state index in [4.69, 9.17) is 4.74 Å². The van der Waals surface area contributed by atoms with Crippen LogP contribution in [0.15, 0.2) is 55.1 Å². The van der Waals surface area contributed by atoms with E-state index in [0.717, 1.165) is 5.69 Å². The van der Waals surface area contributed by atoms with Crippen LogP contribution in [-0.2, 0) is 0 Å².